The number of nitrogens with zero attached hydrogens (tertiary/aromatic N) is 1. The first-order chi connectivity index (χ1) is 7.84. The molecule has 0 saturated heterocycles. The first-order valence-corrected chi connectivity index (χ1v) is 5.31. The fourth-order valence-electron chi connectivity index (χ4n) is 1.51. The number of hydrogen-bond donors (Lipinski definition) is 1. The fourth-order valence-corrected chi connectivity index (χ4v) is 1.51. The second kappa shape index (κ2) is 6.66. The second-order valence-corrected chi connectivity index (χ2v) is 4.09. The molecular formula is C12H17ClF2N2O. The minimum atomic E-state index is -0.920. The molecule has 2 N–H and O–H groups in total. The molecule has 0 radical (unpaired) electrons. The number of carbonyl (C=O) groups is 1. The molecule has 6 heteroatoms. The van der Waals surface area contributed by atoms with E-state index in [2.05, 4.69) is 0 Å². The highest BCUT2D eigenvalue weighted by molar-refractivity contribution is 5.85. The number of rotatable bonds is 3. The van der Waals surface area contributed by atoms with E-state index in [1.165, 1.54) is 11.0 Å². The van der Waals surface area contributed by atoms with Crippen molar-refractivity contribution in [3.05, 3.63) is 35.4 Å². The molecule has 0 fully saturated rings. The van der Waals surface area contributed by atoms with Gasteiger partial charge in [-0.15, -0.1) is 12.4 Å². The summed E-state index contributed by atoms with van der Waals surface area (Å²) in [6, 6.07) is 2.61. The predicted octanol–water partition coefficient (Wildman–Crippen LogP) is 2.25. The van der Waals surface area contributed by atoms with Crippen molar-refractivity contribution >= 4 is 18.3 Å². The summed E-state index contributed by atoms with van der Waals surface area (Å²) in [7, 11) is 1.58. The molecule has 18 heavy (non-hydrogen) atoms. The van der Waals surface area contributed by atoms with Gasteiger partial charge in [0.15, 0.2) is 11.6 Å². The molecule has 2 atom stereocenters. The van der Waals surface area contributed by atoms with Gasteiger partial charge in [0, 0.05) is 7.05 Å². The quantitative estimate of drug-likeness (QED) is 0.922. The summed E-state index contributed by atoms with van der Waals surface area (Å²) >= 11 is 0. The number of nitrogens with two attached hydrogens (primary N) is 1. The highest BCUT2D eigenvalue weighted by atomic mass is 35.5. The van der Waals surface area contributed by atoms with Crippen LogP contribution < -0.4 is 5.73 Å². The first-order valence-electron chi connectivity index (χ1n) is 5.31. The Bertz CT molecular complexity index is 427. The van der Waals surface area contributed by atoms with E-state index in [0.29, 0.717) is 5.56 Å². The zero-order valence-electron chi connectivity index (χ0n) is 10.5. The van der Waals surface area contributed by atoms with Gasteiger partial charge in [-0.2, -0.15) is 0 Å². The molecule has 2 unspecified atom stereocenters. The Hall–Kier alpha value is -1.20. The van der Waals surface area contributed by atoms with Crippen LogP contribution in [0.25, 0.3) is 0 Å². The molecule has 0 aliphatic heterocycles. The number of hydrogen-bond acceptors (Lipinski definition) is 2. The largest absolute Gasteiger partial charge is 0.338 e. The minimum Gasteiger partial charge on any atom is -0.338 e. The van der Waals surface area contributed by atoms with Crippen molar-refractivity contribution in [3.63, 3.8) is 0 Å². The van der Waals surface area contributed by atoms with Crippen LogP contribution in [0.5, 0.6) is 0 Å². The normalized spacial score (nSPS) is 13.4. The van der Waals surface area contributed by atoms with E-state index in [4.69, 9.17) is 5.73 Å². The first kappa shape index (κ1) is 16.8. The summed E-state index contributed by atoms with van der Waals surface area (Å²) in [5.41, 5.74) is 6.01. The highest BCUT2D eigenvalue weighted by Crippen LogP contribution is 2.21. The van der Waals surface area contributed by atoms with Crippen LogP contribution in [0.3, 0.4) is 0 Å². The Labute approximate surface area is 111 Å². The highest BCUT2D eigenvalue weighted by Gasteiger charge is 2.20. The summed E-state index contributed by atoms with van der Waals surface area (Å²) in [5, 5.41) is 0. The van der Waals surface area contributed by atoms with Gasteiger partial charge in [0.25, 0.3) is 0 Å². The Morgan fingerprint density at radius 3 is 2.28 bits per heavy atom. The molecule has 0 heterocycles. The molecular weight excluding hydrogens is 262 g/mol. The smallest absolute Gasteiger partial charge is 0.239 e. The van der Waals surface area contributed by atoms with Crippen molar-refractivity contribution in [1.82, 2.24) is 4.90 Å². The lowest BCUT2D eigenvalue weighted by Crippen LogP contribution is -2.40. The van der Waals surface area contributed by atoms with Gasteiger partial charge in [0.1, 0.15) is 0 Å². The number of amides is 1. The Kier molecular flexibility index (Phi) is 6.21. The molecule has 0 aromatic heterocycles. The maximum absolute atomic E-state index is 13.1. The Balaban J connectivity index is 0.00000289. The predicted molar refractivity (Wildman–Crippen MR) is 68.4 cm³/mol. The van der Waals surface area contributed by atoms with Gasteiger partial charge in [0.05, 0.1) is 12.1 Å². The van der Waals surface area contributed by atoms with Crippen LogP contribution in [0, 0.1) is 11.6 Å². The van der Waals surface area contributed by atoms with E-state index in [-0.39, 0.29) is 24.4 Å². The van der Waals surface area contributed by atoms with Crippen LogP contribution in [0.1, 0.15) is 25.5 Å². The van der Waals surface area contributed by atoms with Crippen LogP contribution >= 0.6 is 12.4 Å². The van der Waals surface area contributed by atoms with E-state index in [1.807, 2.05) is 0 Å². The lowest BCUT2D eigenvalue weighted by molar-refractivity contribution is -0.132. The van der Waals surface area contributed by atoms with Gasteiger partial charge in [-0.25, -0.2) is 8.78 Å². The summed E-state index contributed by atoms with van der Waals surface area (Å²) in [6.07, 6.45) is 0. The van der Waals surface area contributed by atoms with Gasteiger partial charge in [0.2, 0.25) is 5.91 Å². The molecule has 1 aromatic rings. The van der Waals surface area contributed by atoms with Crippen LogP contribution in [-0.4, -0.2) is 23.9 Å². The molecule has 0 spiro atoms. The third-order valence-corrected chi connectivity index (χ3v) is 2.74. The van der Waals surface area contributed by atoms with E-state index >= 15 is 0 Å². The van der Waals surface area contributed by atoms with Gasteiger partial charge in [-0.3, -0.25) is 4.79 Å². The van der Waals surface area contributed by atoms with E-state index < -0.39 is 17.7 Å². The third kappa shape index (κ3) is 3.65. The van der Waals surface area contributed by atoms with Gasteiger partial charge < -0.3 is 10.6 Å². The minimum absolute atomic E-state index is 0. The monoisotopic (exact) mass is 278 g/mol. The van der Waals surface area contributed by atoms with Crippen molar-refractivity contribution < 1.29 is 13.6 Å². The van der Waals surface area contributed by atoms with Crippen LogP contribution in [0.4, 0.5) is 8.78 Å². The van der Waals surface area contributed by atoms with Crippen LogP contribution in [0.15, 0.2) is 18.2 Å². The maximum atomic E-state index is 13.1. The summed E-state index contributed by atoms with van der Waals surface area (Å²) in [4.78, 5) is 13.1. The van der Waals surface area contributed by atoms with Crippen molar-refractivity contribution in [2.75, 3.05) is 7.05 Å². The molecule has 1 amide bonds. The number of benzene rings is 1. The van der Waals surface area contributed by atoms with E-state index in [0.717, 1.165) is 12.1 Å². The molecule has 3 nitrogen and oxygen atoms in total. The van der Waals surface area contributed by atoms with Crippen molar-refractivity contribution in [3.8, 4) is 0 Å². The Morgan fingerprint density at radius 2 is 1.83 bits per heavy atom. The van der Waals surface area contributed by atoms with Crippen molar-refractivity contribution in [2.45, 2.75) is 25.9 Å². The molecule has 0 aliphatic carbocycles. The standard InChI is InChI=1S/C12H16F2N2O.ClH/c1-7(15)12(17)16(3)8(2)9-4-5-10(13)11(14)6-9;/h4-8H,15H2,1-3H3;1H. The molecule has 0 saturated carbocycles. The number of carbonyl (C=O) groups excluding carboxylic acids is 1. The average molecular weight is 279 g/mol. The molecule has 0 aliphatic rings. The average Bonchev–Trinajstić information content (AvgIpc) is 2.29. The van der Waals surface area contributed by atoms with E-state index in [9.17, 15) is 13.6 Å². The third-order valence-electron chi connectivity index (χ3n) is 2.74. The van der Waals surface area contributed by atoms with Crippen molar-refractivity contribution in [1.29, 1.82) is 0 Å². The topological polar surface area (TPSA) is 46.3 Å². The van der Waals surface area contributed by atoms with Crippen LogP contribution in [-0.2, 0) is 4.79 Å². The zero-order valence-corrected chi connectivity index (χ0v) is 11.3. The fraction of sp³-hybridized carbons (Fsp3) is 0.417. The molecule has 0 bridgehead atoms. The second-order valence-electron chi connectivity index (χ2n) is 4.09. The number of likely N-dealkylation sites (N-methyl/N-ethyl adjacent to an activating group) is 1. The Morgan fingerprint density at radius 1 is 1.28 bits per heavy atom. The zero-order chi connectivity index (χ0) is 13.2. The molecule has 1 rings (SSSR count). The molecule has 102 valence electrons. The van der Waals surface area contributed by atoms with Crippen molar-refractivity contribution in [2.24, 2.45) is 5.73 Å². The van der Waals surface area contributed by atoms with Gasteiger partial charge >= 0.3 is 0 Å². The van der Waals surface area contributed by atoms with Gasteiger partial charge in [-0.1, -0.05) is 6.07 Å². The van der Waals surface area contributed by atoms with E-state index in [1.54, 1.807) is 20.9 Å². The summed E-state index contributed by atoms with van der Waals surface area (Å²) < 4.78 is 25.8. The summed E-state index contributed by atoms with van der Waals surface area (Å²) in [6.45, 7) is 3.31. The van der Waals surface area contributed by atoms with Crippen LogP contribution in [0.2, 0.25) is 0 Å². The SMILES string of the molecule is CC(N)C(=O)N(C)C(C)c1ccc(F)c(F)c1.Cl. The lowest BCUT2D eigenvalue weighted by atomic mass is 10.1. The lowest BCUT2D eigenvalue weighted by Gasteiger charge is -2.26. The summed E-state index contributed by atoms with van der Waals surface area (Å²) in [5.74, 6) is -2.07. The van der Waals surface area contributed by atoms with Gasteiger partial charge in [-0.05, 0) is 31.5 Å². The molecule has 1 aromatic carbocycles. The number of halogens is 3. The maximum Gasteiger partial charge on any atom is 0.239 e.